The van der Waals surface area contributed by atoms with Crippen molar-refractivity contribution in [2.45, 2.75) is 26.6 Å². The van der Waals surface area contributed by atoms with E-state index in [1.165, 1.54) is 5.56 Å². The molecule has 0 unspecified atom stereocenters. The molecule has 90 valence electrons. The van der Waals surface area contributed by atoms with Crippen molar-refractivity contribution in [1.29, 1.82) is 0 Å². The average molecular weight is 248 g/mol. The predicted molar refractivity (Wildman–Crippen MR) is 70.5 cm³/mol. The molecule has 0 amide bonds. The van der Waals surface area contributed by atoms with Crippen LogP contribution in [-0.2, 0) is 6.61 Å². The van der Waals surface area contributed by atoms with E-state index < -0.39 is 6.10 Å². The maximum Gasteiger partial charge on any atom is 0.122 e. The average Bonchev–Trinajstić information content (AvgIpc) is 2.80. The molecule has 2 rings (SSSR count). The second kappa shape index (κ2) is 5.34. The molecule has 1 heterocycles. The van der Waals surface area contributed by atoms with Crippen molar-refractivity contribution in [2.24, 2.45) is 0 Å². The molecule has 2 aromatic rings. The smallest absolute Gasteiger partial charge is 0.122 e. The highest BCUT2D eigenvalue weighted by molar-refractivity contribution is 7.07. The summed E-state index contributed by atoms with van der Waals surface area (Å²) >= 11 is 1.67. The Balaban J connectivity index is 2.06. The number of aliphatic hydroxyl groups excluding tert-OH is 1. The lowest BCUT2D eigenvalue weighted by molar-refractivity contribution is 0.199. The summed E-state index contributed by atoms with van der Waals surface area (Å²) in [6, 6.07) is 7.85. The fourth-order valence-electron chi connectivity index (χ4n) is 1.63. The van der Waals surface area contributed by atoms with E-state index in [1.54, 1.807) is 18.3 Å². The highest BCUT2D eigenvalue weighted by Gasteiger charge is 2.05. The van der Waals surface area contributed by atoms with Gasteiger partial charge in [-0.25, -0.2) is 0 Å². The highest BCUT2D eigenvalue weighted by atomic mass is 32.1. The Bertz CT molecular complexity index is 475. The minimum Gasteiger partial charge on any atom is -0.489 e. The third kappa shape index (κ3) is 3.08. The molecule has 0 saturated heterocycles. The first-order valence-electron chi connectivity index (χ1n) is 5.59. The number of benzene rings is 1. The first kappa shape index (κ1) is 12.1. The lowest BCUT2D eigenvalue weighted by Gasteiger charge is -2.11. The Morgan fingerprint density at radius 1 is 1.35 bits per heavy atom. The normalized spacial score (nSPS) is 12.4. The quantitative estimate of drug-likeness (QED) is 0.894. The Hall–Kier alpha value is -1.32. The number of hydrogen-bond acceptors (Lipinski definition) is 3. The molecule has 0 fully saturated rings. The summed E-state index contributed by atoms with van der Waals surface area (Å²) in [4.78, 5) is 0. The van der Waals surface area contributed by atoms with Crippen LogP contribution >= 0.6 is 11.3 Å². The van der Waals surface area contributed by atoms with Crippen LogP contribution < -0.4 is 4.74 Å². The van der Waals surface area contributed by atoms with Crippen molar-refractivity contribution in [3.63, 3.8) is 0 Å². The molecule has 17 heavy (non-hydrogen) atoms. The molecular formula is C14H16O2S. The van der Waals surface area contributed by atoms with Gasteiger partial charge in [0.1, 0.15) is 12.4 Å². The van der Waals surface area contributed by atoms with E-state index in [9.17, 15) is 5.11 Å². The van der Waals surface area contributed by atoms with Gasteiger partial charge in [0.25, 0.3) is 0 Å². The van der Waals surface area contributed by atoms with Crippen molar-refractivity contribution in [2.75, 3.05) is 0 Å². The zero-order valence-corrected chi connectivity index (χ0v) is 10.8. The Morgan fingerprint density at radius 3 is 2.76 bits per heavy atom. The highest BCUT2D eigenvalue weighted by Crippen LogP contribution is 2.23. The third-order valence-corrected chi connectivity index (χ3v) is 3.39. The van der Waals surface area contributed by atoms with Gasteiger partial charge in [0.15, 0.2) is 0 Å². The summed E-state index contributed by atoms with van der Waals surface area (Å²) in [5, 5.41) is 13.6. The van der Waals surface area contributed by atoms with Gasteiger partial charge in [-0.3, -0.25) is 0 Å². The molecule has 2 nitrogen and oxygen atoms in total. The molecule has 1 aromatic heterocycles. The molecule has 1 aromatic carbocycles. The summed E-state index contributed by atoms with van der Waals surface area (Å²) in [6.07, 6.45) is -0.431. The van der Waals surface area contributed by atoms with E-state index in [-0.39, 0.29) is 0 Å². The topological polar surface area (TPSA) is 29.5 Å². The third-order valence-electron chi connectivity index (χ3n) is 2.66. The number of rotatable bonds is 4. The molecule has 0 aliphatic rings. The van der Waals surface area contributed by atoms with Crippen molar-refractivity contribution in [1.82, 2.24) is 0 Å². The minimum atomic E-state index is -0.431. The summed E-state index contributed by atoms with van der Waals surface area (Å²) in [7, 11) is 0. The van der Waals surface area contributed by atoms with E-state index in [2.05, 4.69) is 11.4 Å². The molecule has 0 radical (unpaired) electrons. The second-order valence-corrected chi connectivity index (χ2v) is 4.90. The van der Waals surface area contributed by atoms with E-state index >= 15 is 0 Å². The number of hydrogen-bond donors (Lipinski definition) is 1. The zero-order chi connectivity index (χ0) is 12.3. The minimum absolute atomic E-state index is 0.431. The molecule has 0 aliphatic heterocycles. The molecule has 3 heteroatoms. The van der Waals surface area contributed by atoms with Gasteiger partial charge in [0, 0.05) is 0 Å². The van der Waals surface area contributed by atoms with Crippen LogP contribution in [0.3, 0.4) is 0 Å². The van der Waals surface area contributed by atoms with Gasteiger partial charge in [-0.2, -0.15) is 11.3 Å². The number of thiophene rings is 1. The molecule has 0 aliphatic carbocycles. The van der Waals surface area contributed by atoms with Crippen molar-refractivity contribution >= 4 is 11.3 Å². The van der Waals surface area contributed by atoms with E-state index in [0.29, 0.717) is 6.61 Å². The number of aryl methyl sites for hydroxylation is 1. The van der Waals surface area contributed by atoms with Gasteiger partial charge in [0.2, 0.25) is 0 Å². The second-order valence-electron chi connectivity index (χ2n) is 4.12. The van der Waals surface area contributed by atoms with Gasteiger partial charge < -0.3 is 9.84 Å². The largest absolute Gasteiger partial charge is 0.489 e. The maximum atomic E-state index is 9.48. The Kier molecular flexibility index (Phi) is 3.82. The molecule has 1 N–H and O–H groups in total. The van der Waals surface area contributed by atoms with E-state index in [4.69, 9.17) is 4.74 Å². The first-order valence-corrected chi connectivity index (χ1v) is 6.53. The van der Waals surface area contributed by atoms with E-state index in [0.717, 1.165) is 16.9 Å². The van der Waals surface area contributed by atoms with Crippen molar-refractivity contribution in [3.05, 3.63) is 51.7 Å². The molecular weight excluding hydrogens is 232 g/mol. The Morgan fingerprint density at radius 2 is 2.18 bits per heavy atom. The van der Waals surface area contributed by atoms with Crippen LogP contribution in [0.4, 0.5) is 0 Å². The van der Waals surface area contributed by atoms with Crippen molar-refractivity contribution in [3.8, 4) is 5.75 Å². The predicted octanol–water partition coefficient (Wildman–Crippen LogP) is 3.69. The molecule has 0 bridgehead atoms. The van der Waals surface area contributed by atoms with Crippen LogP contribution in [0.15, 0.2) is 35.0 Å². The lowest BCUT2D eigenvalue weighted by Crippen LogP contribution is -1.97. The van der Waals surface area contributed by atoms with Gasteiger partial charge in [-0.1, -0.05) is 6.07 Å². The summed E-state index contributed by atoms with van der Waals surface area (Å²) < 4.78 is 5.74. The van der Waals surface area contributed by atoms with Gasteiger partial charge in [0.05, 0.1) is 6.10 Å². The summed E-state index contributed by atoms with van der Waals surface area (Å²) in [6.45, 7) is 4.36. The standard InChI is InChI=1S/C14H16O2S/c1-10-7-13(11(2)15)3-4-14(10)16-8-12-5-6-17-9-12/h3-7,9,11,15H,8H2,1-2H3/t11-/m0/s1. The number of ether oxygens (including phenoxy) is 1. The fraction of sp³-hybridized carbons (Fsp3) is 0.286. The SMILES string of the molecule is Cc1cc([C@H](C)O)ccc1OCc1ccsc1. The van der Waals surface area contributed by atoms with Crippen molar-refractivity contribution < 1.29 is 9.84 Å². The summed E-state index contributed by atoms with van der Waals surface area (Å²) in [5.74, 6) is 0.876. The van der Waals surface area contributed by atoms with Crippen LogP contribution in [0.2, 0.25) is 0 Å². The molecule has 0 spiro atoms. The van der Waals surface area contributed by atoms with Crippen LogP contribution in [0.25, 0.3) is 0 Å². The Labute approximate surface area is 105 Å². The summed E-state index contributed by atoms with van der Waals surface area (Å²) in [5.41, 5.74) is 3.16. The van der Waals surface area contributed by atoms with Crippen LogP contribution in [-0.4, -0.2) is 5.11 Å². The molecule has 1 atom stereocenters. The zero-order valence-electron chi connectivity index (χ0n) is 10.0. The van der Waals surface area contributed by atoms with Gasteiger partial charge in [-0.05, 0) is 59.5 Å². The monoisotopic (exact) mass is 248 g/mol. The number of aliphatic hydroxyl groups is 1. The fourth-order valence-corrected chi connectivity index (χ4v) is 2.28. The van der Waals surface area contributed by atoms with E-state index in [1.807, 2.05) is 30.5 Å². The van der Waals surface area contributed by atoms with Crippen LogP contribution in [0, 0.1) is 6.92 Å². The lowest BCUT2D eigenvalue weighted by atomic mass is 10.1. The van der Waals surface area contributed by atoms with Gasteiger partial charge >= 0.3 is 0 Å². The first-order chi connectivity index (χ1) is 8.16. The van der Waals surface area contributed by atoms with Crippen LogP contribution in [0.1, 0.15) is 29.7 Å². The van der Waals surface area contributed by atoms with Gasteiger partial charge in [-0.15, -0.1) is 0 Å². The maximum absolute atomic E-state index is 9.48. The molecule has 0 saturated carbocycles. The van der Waals surface area contributed by atoms with Crippen LogP contribution in [0.5, 0.6) is 5.75 Å².